The second-order valence-electron chi connectivity index (χ2n) is 2.15. The van der Waals surface area contributed by atoms with E-state index in [0.29, 0.717) is 0 Å². The first-order valence-corrected chi connectivity index (χ1v) is 8.27. The Morgan fingerprint density at radius 3 is 2.38 bits per heavy atom. The molecule has 0 rings (SSSR count). The van der Waals surface area contributed by atoms with Crippen molar-refractivity contribution in [3.63, 3.8) is 0 Å². The third-order valence-corrected chi connectivity index (χ3v) is 6.55. The first kappa shape index (κ1) is 8.70. The van der Waals surface area contributed by atoms with Gasteiger partial charge >= 0.3 is 0 Å². The van der Waals surface area contributed by atoms with E-state index in [9.17, 15) is 0 Å². The molecule has 0 aromatic heterocycles. The fraction of sp³-hybridized carbons (Fsp3) is 1.00. The molecule has 2 heteroatoms. The van der Waals surface area contributed by atoms with Gasteiger partial charge in [-0.1, -0.05) is 38.8 Å². The minimum absolute atomic E-state index is 0.386. The van der Waals surface area contributed by atoms with Crippen LogP contribution < -0.4 is 0 Å². The molecule has 0 nitrogen and oxygen atoms in total. The van der Waals surface area contributed by atoms with Gasteiger partial charge in [0.05, 0.1) is 0 Å². The Hall–Kier alpha value is 0.697. The number of unbranched alkanes of at least 4 members (excludes halogenated alkanes) is 1. The largest absolute Gasteiger partial charge is 0.131 e. The predicted molar refractivity (Wildman–Crippen MR) is 46.3 cm³/mol. The van der Waals surface area contributed by atoms with E-state index in [1.54, 1.807) is 0 Å². The first-order valence-electron chi connectivity index (χ1n) is 3.45. The van der Waals surface area contributed by atoms with Crippen molar-refractivity contribution in [1.82, 2.24) is 0 Å². The van der Waals surface area contributed by atoms with Gasteiger partial charge in [-0.25, -0.2) is 0 Å². The Labute approximate surface area is 61.9 Å². The normalized spacial score (nSPS) is 13.9. The summed E-state index contributed by atoms with van der Waals surface area (Å²) in [4.78, 5) is 0. The highest BCUT2D eigenvalue weighted by Crippen LogP contribution is 2.09. The fourth-order valence-corrected chi connectivity index (χ4v) is 2.86. The average molecular weight is 195 g/mol. The summed E-state index contributed by atoms with van der Waals surface area (Å²) < 4.78 is 0. The van der Waals surface area contributed by atoms with E-state index < -0.39 is 0 Å². The van der Waals surface area contributed by atoms with E-state index in [1.807, 2.05) is 0 Å². The van der Waals surface area contributed by atoms with Crippen LogP contribution in [-0.2, 0) is 0 Å². The van der Waals surface area contributed by atoms with Gasteiger partial charge in [0.25, 0.3) is 0 Å². The summed E-state index contributed by atoms with van der Waals surface area (Å²) in [6, 6.07) is 2.88. The molecule has 0 aromatic rings. The van der Waals surface area contributed by atoms with Crippen molar-refractivity contribution in [2.75, 3.05) is 0 Å². The Kier molecular flexibility index (Phi) is 6.33. The van der Waals surface area contributed by atoms with Gasteiger partial charge in [-0.2, -0.15) is 0 Å². The van der Waals surface area contributed by atoms with E-state index in [2.05, 4.69) is 29.1 Å². The number of hydrogen-bond acceptors (Lipinski definition) is 0. The molecule has 0 heterocycles. The van der Waals surface area contributed by atoms with Gasteiger partial charge in [-0.05, 0) is 0 Å². The van der Waals surface area contributed by atoms with Crippen LogP contribution in [0.3, 0.4) is 0 Å². The van der Waals surface area contributed by atoms with Gasteiger partial charge in [0.2, 0.25) is 0 Å². The molecule has 50 valence electrons. The summed E-state index contributed by atoms with van der Waals surface area (Å²) in [7, 11) is -0.386. The standard InChI is InChI=1S/C6H15BrSi/c1-3-5-6-8(7)4-2/h8H,3-6H2,1-2H3. The number of hydrogen-bond donors (Lipinski definition) is 0. The monoisotopic (exact) mass is 194 g/mol. The van der Waals surface area contributed by atoms with Gasteiger partial charge < -0.3 is 0 Å². The van der Waals surface area contributed by atoms with Crippen molar-refractivity contribution in [2.45, 2.75) is 38.8 Å². The van der Waals surface area contributed by atoms with E-state index in [0.717, 1.165) is 0 Å². The van der Waals surface area contributed by atoms with E-state index in [-0.39, 0.29) is 7.42 Å². The zero-order valence-electron chi connectivity index (χ0n) is 5.78. The quantitative estimate of drug-likeness (QED) is 0.478. The lowest BCUT2D eigenvalue weighted by atomic mass is 10.4. The minimum atomic E-state index is -0.386. The SMILES string of the molecule is CCCC[SiH](Br)CC. The summed E-state index contributed by atoms with van der Waals surface area (Å²) in [5.41, 5.74) is 0. The van der Waals surface area contributed by atoms with Gasteiger partial charge in [0.15, 0.2) is 0 Å². The molecule has 0 aliphatic rings. The summed E-state index contributed by atoms with van der Waals surface area (Å²) in [6.45, 7) is 4.53. The third kappa shape index (κ3) is 4.85. The topological polar surface area (TPSA) is 0 Å². The molecule has 0 spiro atoms. The predicted octanol–water partition coefficient (Wildman–Crippen LogP) is 2.93. The van der Waals surface area contributed by atoms with Crippen LogP contribution in [0, 0.1) is 0 Å². The molecular weight excluding hydrogens is 180 g/mol. The van der Waals surface area contributed by atoms with E-state index in [4.69, 9.17) is 0 Å². The van der Waals surface area contributed by atoms with Gasteiger partial charge in [0.1, 0.15) is 7.42 Å². The third-order valence-electron chi connectivity index (χ3n) is 1.31. The van der Waals surface area contributed by atoms with E-state index >= 15 is 0 Å². The highest BCUT2D eigenvalue weighted by molar-refractivity contribution is 9.24. The lowest BCUT2D eigenvalue weighted by Crippen LogP contribution is -1.97. The Morgan fingerprint density at radius 2 is 2.00 bits per heavy atom. The Morgan fingerprint density at radius 1 is 1.38 bits per heavy atom. The van der Waals surface area contributed by atoms with E-state index in [1.165, 1.54) is 24.9 Å². The fourth-order valence-electron chi connectivity index (χ4n) is 0.630. The Balaban J connectivity index is 2.86. The molecule has 1 unspecified atom stereocenters. The average Bonchev–Trinajstić information content (AvgIpc) is 1.83. The molecule has 0 N–H and O–H groups in total. The maximum absolute atomic E-state index is 3.72. The van der Waals surface area contributed by atoms with Crippen LogP contribution in [0.4, 0.5) is 0 Å². The second kappa shape index (κ2) is 5.83. The summed E-state index contributed by atoms with van der Waals surface area (Å²) in [6.07, 6.45) is 2.78. The van der Waals surface area contributed by atoms with Crippen molar-refractivity contribution >= 4 is 22.7 Å². The van der Waals surface area contributed by atoms with Crippen LogP contribution in [0.15, 0.2) is 0 Å². The van der Waals surface area contributed by atoms with Gasteiger partial charge in [-0.3, -0.25) is 0 Å². The van der Waals surface area contributed by atoms with Crippen LogP contribution in [0.25, 0.3) is 0 Å². The number of rotatable bonds is 4. The summed E-state index contributed by atoms with van der Waals surface area (Å²) in [5, 5.41) is 0. The molecule has 0 saturated heterocycles. The summed E-state index contributed by atoms with van der Waals surface area (Å²) >= 11 is 3.72. The lowest BCUT2D eigenvalue weighted by molar-refractivity contribution is 0.876. The number of halogens is 1. The van der Waals surface area contributed by atoms with Crippen LogP contribution in [0.2, 0.25) is 12.1 Å². The minimum Gasteiger partial charge on any atom is -0.131 e. The molecule has 0 aromatic carbocycles. The van der Waals surface area contributed by atoms with Crippen molar-refractivity contribution in [1.29, 1.82) is 0 Å². The maximum atomic E-state index is 3.72. The van der Waals surface area contributed by atoms with Crippen molar-refractivity contribution in [3.05, 3.63) is 0 Å². The smallest absolute Gasteiger partial charge is 0.114 e. The molecule has 1 atom stereocenters. The molecule has 0 aliphatic carbocycles. The zero-order chi connectivity index (χ0) is 6.41. The molecule has 0 aliphatic heterocycles. The summed E-state index contributed by atoms with van der Waals surface area (Å²) in [5.74, 6) is 0. The van der Waals surface area contributed by atoms with Crippen LogP contribution in [0.1, 0.15) is 26.7 Å². The zero-order valence-corrected chi connectivity index (χ0v) is 8.52. The van der Waals surface area contributed by atoms with Crippen molar-refractivity contribution in [3.8, 4) is 0 Å². The molecule has 8 heavy (non-hydrogen) atoms. The second-order valence-corrected chi connectivity index (χ2v) is 8.62. The molecule has 0 saturated carbocycles. The van der Waals surface area contributed by atoms with Crippen LogP contribution >= 0.6 is 15.3 Å². The molecular formula is C6H15BrSi. The maximum Gasteiger partial charge on any atom is 0.114 e. The lowest BCUT2D eigenvalue weighted by Gasteiger charge is -2.00. The van der Waals surface area contributed by atoms with Gasteiger partial charge in [0, 0.05) is 0 Å². The van der Waals surface area contributed by atoms with Gasteiger partial charge in [-0.15, -0.1) is 15.3 Å². The van der Waals surface area contributed by atoms with Crippen LogP contribution in [-0.4, -0.2) is 7.42 Å². The molecule has 0 amide bonds. The highest BCUT2D eigenvalue weighted by Gasteiger charge is 1.99. The first-order chi connectivity index (χ1) is 3.81. The molecule has 0 radical (unpaired) electrons. The van der Waals surface area contributed by atoms with Crippen LogP contribution in [0.5, 0.6) is 0 Å². The van der Waals surface area contributed by atoms with Crippen molar-refractivity contribution < 1.29 is 0 Å². The Bertz CT molecular complexity index is 47.8. The molecule has 0 bridgehead atoms. The highest BCUT2D eigenvalue weighted by atomic mass is 79.9. The van der Waals surface area contributed by atoms with Crippen molar-refractivity contribution in [2.24, 2.45) is 0 Å². The molecule has 0 fully saturated rings.